The van der Waals surface area contributed by atoms with E-state index in [2.05, 4.69) is 4.98 Å². The van der Waals surface area contributed by atoms with Crippen LogP contribution in [0.5, 0.6) is 5.88 Å². The first kappa shape index (κ1) is 27.0. The molecule has 8 heteroatoms. The number of aromatic nitrogens is 1. The summed E-state index contributed by atoms with van der Waals surface area (Å²) in [6, 6.07) is 16.5. The second-order valence-corrected chi connectivity index (χ2v) is 9.68. The number of amides is 2. The van der Waals surface area contributed by atoms with E-state index in [0.717, 1.165) is 11.1 Å². The Balaban J connectivity index is 1.63. The third-order valence-corrected chi connectivity index (χ3v) is 6.70. The fourth-order valence-electron chi connectivity index (χ4n) is 4.35. The minimum Gasteiger partial charge on any atom is -0.472 e. The van der Waals surface area contributed by atoms with Crippen LogP contribution in [0.1, 0.15) is 45.7 Å². The van der Waals surface area contributed by atoms with Crippen molar-refractivity contribution in [2.75, 3.05) is 26.7 Å². The second kappa shape index (κ2) is 12.0. The maximum absolute atomic E-state index is 13.6. The van der Waals surface area contributed by atoms with Crippen LogP contribution in [0, 0.1) is 11.7 Å². The molecule has 3 aromatic rings. The molecule has 1 aromatic heterocycles. The van der Waals surface area contributed by atoms with Gasteiger partial charge in [0.2, 0.25) is 5.88 Å². The average Bonchev–Trinajstić information content (AvgIpc) is 2.94. The summed E-state index contributed by atoms with van der Waals surface area (Å²) in [4.78, 5) is 34.2. The average molecular weight is 518 g/mol. The van der Waals surface area contributed by atoms with Crippen LogP contribution in [0.15, 0.2) is 66.9 Å². The number of halogens is 1. The van der Waals surface area contributed by atoms with Crippen molar-refractivity contribution in [2.24, 2.45) is 5.92 Å². The van der Waals surface area contributed by atoms with E-state index in [1.54, 1.807) is 31.1 Å². The Labute approximate surface area is 222 Å². The summed E-state index contributed by atoms with van der Waals surface area (Å²) >= 11 is 0. The number of pyridine rings is 1. The molecule has 0 bridgehead atoms. The highest BCUT2D eigenvalue weighted by atomic mass is 19.1. The lowest BCUT2D eigenvalue weighted by atomic mass is 9.99. The monoisotopic (exact) mass is 517 g/mol. The molecule has 1 N–H and O–H groups in total. The Kier molecular flexibility index (Phi) is 8.53. The molecule has 2 heterocycles. The van der Waals surface area contributed by atoms with Gasteiger partial charge in [-0.2, -0.15) is 0 Å². The van der Waals surface area contributed by atoms with Gasteiger partial charge in [0.15, 0.2) is 0 Å². The molecule has 38 heavy (non-hydrogen) atoms. The molecule has 0 saturated carbocycles. The number of hydrogen-bond acceptors (Lipinski definition) is 5. The van der Waals surface area contributed by atoms with E-state index >= 15 is 0 Å². The van der Waals surface area contributed by atoms with Crippen molar-refractivity contribution in [3.8, 4) is 5.88 Å². The van der Waals surface area contributed by atoms with Crippen LogP contribution in [0.2, 0.25) is 0 Å². The molecule has 3 atom stereocenters. The quantitative estimate of drug-likeness (QED) is 0.503. The van der Waals surface area contributed by atoms with Gasteiger partial charge < -0.3 is 19.6 Å². The lowest BCUT2D eigenvalue weighted by Crippen LogP contribution is -2.50. The Morgan fingerprint density at radius 1 is 1.18 bits per heavy atom. The third kappa shape index (κ3) is 6.26. The van der Waals surface area contributed by atoms with Gasteiger partial charge in [-0.25, -0.2) is 9.37 Å². The summed E-state index contributed by atoms with van der Waals surface area (Å²) in [7, 11) is 1.66. The van der Waals surface area contributed by atoms with Crippen LogP contribution >= 0.6 is 0 Å². The zero-order valence-electron chi connectivity index (χ0n) is 21.8. The number of hydrogen-bond donors (Lipinski definition) is 1. The minimum absolute atomic E-state index is 0.177. The first-order chi connectivity index (χ1) is 18.3. The summed E-state index contributed by atoms with van der Waals surface area (Å²) in [5.74, 6) is -0.950. The molecule has 1 aliphatic heterocycles. The molecule has 7 nitrogen and oxygen atoms in total. The van der Waals surface area contributed by atoms with Crippen LogP contribution < -0.4 is 4.74 Å². The number of carbonyl (C=O) groups excluding carboxylic acids is 2. The van der Waals surface area contributed by atoms with Gasteiger partial charge in [0.25, 0.3) is 11.8 Å². The highest BCUT2D eigenvalue weighted by Gasteiger charge is 2.34. The SMILES string of the molecule is C[C@H]1CN([C@@H](C)CO)C(=O)c2cc(/C=C/c3ccccc3)cnc2O[C@H]1CN(C)C(=O)c1ccc(F)cc1. The molecule has 2 aromatic carbocycles. The minimum atomic E-state index is -0.483. The van der Waals surface area contributed by atoms with Crippen molar-refractivity contribution < 1.29 is 23.8 Å². The summed E-state index contributed by atoms with van der Waals surface area (Å²) in [5, 5.41) is 9.86. The fourth-order valence-corrected chi connectivity index (χ4v) is 4.35. The van der Waals surface area contributed by atoms with E-state index in [4.69, 9.17) is 4.74 Å². The predicted molar refractivity (Wildman–Crippen MR) is 144 cm³/mol. The Hall–Kier alpha value is -4.04. The van der Waals surface area contributed by atoms with Gasteiger partial charge in [-0.1, -0.05) is 49.4 Å². The number of ether oxygens (including phenoxy) is 1. The molecule has 4 rings (SSSR count). The number of likely N-dealkylation sites (N-methyl/N-ethyl adjacent to an activating group) is 1. The van der Waals surface area contributed by atoms with Gasteiger partial charge in [0.1, 0.15) is 17.5 Å². The normalized spacial score (nSPS) is 18.3. The number of rotatable bonds is 7. The first-order valence-electron chi connectivity index (χ1n) is 12.6. The maximum Gasteiger partial charge on any atom is 0.259 e. The lowest BCUT2D eigenvalue weighted by Gasteiger charge is -2.37. The molecule has 0 saturated heterocycles. The Bertz CT molecular complexity index is 1300. The highest BCUT2D eigenvalue weighted by Crippen LogP contribution is 2.28. The Morgan fingerprint density at radius 3 is 2.55 bits per heavy atom. The molecule has 2 amide bonds. The van der Waals surface area contributed by atoms with E-state index in [-0.39, 0.29) is 36.8 Å². The van der Waals surface area contributed by atoms with E-state index in [0.29, 0.717) is 17.7 Å². The molecular weight excluding hydrogens is 485 g/mol. The summed E-state index contributed by atoms with van der Waals surface area (Å²) in [6.07, 6.45) is 4.97. The van der Waals surface area contributed by atoms with Crippen molar-refractivity contribution in [2.45, 2.75) is 26.0 Å². The number of carbonyl (C=O) groups is 2. The van der Waals surface area contributed by atoms with Crippen LogP contribution in [0.25, 0.3) is 12.2 Å². The van der Waals surface area contributed by atoms with E-state index in [1.165, 1.54) is 29.2 Å². The lowest BCUT2D eigenvalue weighted by molar-refractivity contribution is 0.0313. The van der Waals surface area contributed by atoms with Crippen LogP contribution in [0.3, 0.4) is 0 Å². The molecule has 0 spiro atoms. The number of aliphatic hydroxyl groups excluding tert-OH is 1. The third-order valence-electron chi connectivity index (χ3n) is 6.70. The zero-order chi connectivity index (χ0) is 27.2. The van der Waals surface area contributed by atoms with Gasteiger partial charge in [-0.05, 0) is 48.4 Å². The highest BCUT2D eigenvalue weighted by molar-refractivity contribution is 5.97. The largest absolute Gasteiger partial charge is 0.472 e. The van der Waals surface area contributed by atoms with Crippen LogP contribution in [-0.2, 0) is 0 Å². The molecule has 0 radical (unpaired) electrons. The smallest absolute Gasteiger partial charge is 0.259 e. The van der Waals surface area contributed by atoms with E-state index < -0.39 is 18.0 Å². The summed E-state index contributed by atoms with van der Waals surface area (Å²) < 4.78 is 19.6. The predicted octanol–water partition coefficient (Wildman–Crippen LogP) is 4.38. The molecule has 0 fully saturated rings. The van der Waals surface area contributed by atoms with Crippen LogP contribution in [0.4, 0.5) is 4.39 Å². The van der Waals surface area contributed by atoms with Crippen molar-refractivity contribution in [3.63, 3.8) is 0 Å². The van der Waals surface area contributed by atoms with Gasteiger partial charge in [0.05, 0.1) is 19.2 Å². The Morgan fingerprint density at radius 2 is 1.87 bits per heavy atom. The van der Waals surface area contributed by atoms with Gasteiger partial charge in [-0.3, -0.25) is 9.59 Å². The topological polar surface area (TPSA) is 83.0 Å². The number of benzene rings is 2. The molecule has 1 aliphatic rings. The van der Waals surface area contributed by atoms with Crippen molar-refractivity contribution in [3.05, 3.63) is 94.9 Å². The number of fused-ring (bicyclic) bond motifs is 1. The second-order valence-electron chi connectivity index (χ2n) is 9.68. The van der Waals surface area contributed by atoms with Gasteiger partial charge in [0, 0.05) is 31.3 Å². The van der Waals surface area contributed by atoms with Crippen molar-refractivity contribution >= 4 is 24.0 Å². The van der Waals surface area contributed by atoms with Gasteiger partial charge >= 0.3 is 0 Å². The fraction of sp³-hybridized carbons (Fsp3) is 0.300. The van der Waals surface area contributed by atoms with E-state index in [1.807, 2.05) is 49.4 Å². The number of aliphatic hydroxyl groups is 1. The first-order valence-corrected chi connectivity index (χ1v) is 12.6. The van der Waals surface area contributed by atoms with E-state index in [9.17, 15) is 19.1 Å². The molecular formula is C30H32FN3O4. The molecule has 0 aliphatic carbocycles. The molecule has 0 unspecified atom stereocenters. The maximum atomic E-state index is 13.6. The summed E-state index contributed by atoms with van der Waals surface area (Å²) in [5.41, 5.74) is 2.41. The standard InChI is InChI=1S/C30H32FN3O4/c1-20-17-34(21(2)19-35)30(37)26-15-23(10-9-22-7-5-4-6-8-22)16-32-28(26)38-27(20)18-33(3)29(36)24-11-13-25(31)14-12-24/h4-16,20-21,27,35H,17-19H2,1-3H3/b10-9+/t20-,21-,27-/m0/s1. The molecule has 198 valence electrons. The van der Waals surface area contributed by atoms with Gasteiger partial charge in [-0.15, -0.1) is 0 Å². The van der Waals surface area contributed by atoms with Crippen molar-refractivity contribution in [1.82, 2.24) is 14.8 Å². The van der Waals surface area contributed by atoms with Crippen LogP contribution in [-0.4, -0.2) is 70.6 Å². The zero-order valence-corrected chi connectivity index (χ0v) is 21.8. The summed E-state index contributed by atoms with van der Waals surface area (Å²) in [6.45, 7) is 4.09. The van der Waals surface area contributed by atoms with Crippen molar-refractivity contribution in [1.29, 1.82) is 0 Å². The number of nitrogens with zero attached hydrogens (tertiary/aromatic N) is 3.